The minimum absolute atomic E-state index is 0.427. The van der Waals surface area contributed by atoms with Crippen LogP contribution in [0.25, 0.3) is 0 Å². The number of aromatic hydroxyl groups is 1. The van der Waals surface area contributed by atoms with Gasteiger partial charge in [0, 0.05) is 0 Å². The first-order valence-corrected chi connectivity index (χ1v) is 5.55. The van der Waals surface area contributed by atoms with Crippen LogP contribution in [0.1, 0.15) is 30.0 Å². The molecular formula is C14H18O. The van der Waals surface area contributed by atoms with Crippen LogP contribution in [0.2, 0.25) is 0 Å². The van der Waals surface area contributed by atoms with E-state index in [2.05, 4.69) is 19.6 Å². The molecule has 0 aliphatic heterocycles. The lowest BCUT2D eigenvalue weighted by molar-refractivity contribution is 0.464. The minimum Gasteiger partial charge on any atom is -0.508 e. The third-order valence-corrected chi connectivity index (χ3v) is 3.58. The van der Waals surface area contributed by atoms with E-state index in [0.717, 1.165) is 18.4 Å². The van der Waals surface area contributed by atoms with Crippen molar-refractivity contribution >= 4 is 0 Å². The molecular weight excluding hydrogens is 184 g/mol. The van der Waals surface area contributed by atoms with Crippen molar-refractivity contribution in [2.24, 2.45) is 5.92 Å². The predicted molar refractivity (Wildman–Crippen MR) is 63.2 cm³/mol. The molecule has 0 spiro atoms. The van der Waals surface area contributed by atoms with Gasteiger partial charge in [0.2, 0.25) is 0 Å². The second-order valence-electron chi connectivity index (χ2n) is 4.63. The Morgan fingerprint density at radius 2 is 2.20 bits per heavy atom. The van der Waals surface area contributed by atoms with Gasteiger partial charge >= 0.3 is 0 Å². The number of phenolic OH excluding ortho intramolecular Hbond substituents is 1. The Balaban J connectivity index is 2.39. The van der Waals surface area contributed by atoms with Gasteiger partial charge in [0.1, 0.15) is 5.75 Å². The van der Waals surface area contributed by atoms with E-state index in [4.69, 9.17) is 0 Å². The van der Waals surface area contributed by atoms with Crippen molar-refractivity contribution < 1.29 is 5.11 Å². The summed E-state index contributed by atoms with van der Waals surface area (Å²) in [5.41, 5.74) is 5.07. The lowest BCUT2D eigenvalue weighted by Gasteiger charge is -2.26. The predicted octanol–water partition coefficient (Wildman–Crippen LogP) is 3.38. The van der Waals surface area contributed by atoms with Crippen LogP contribution in [0.5, 0.6) is 5.75 Å². The summed E-state index contributed by atoms with van der Waals surface area (Å²) in [5, 5.41) is 9.68. The van der Waals surface area contributed by atoms with Crippen LogP contribution in [0.4, 0.5) is 0 Å². The molecule has 1 heteroatoms. The fraction of sp³-hybridized carbons (Fsp3) is 0.429. The third kappa shape index (κ3) is 1.79. The van der Waals surface area contributed by atoms with Crippen LogP contribution in [0.15, 0.2) is 24.3 Å². The molecule has 0 saturated heterocycles. The zero-order valence-electron chi connectivity index (χ0n) is 9.51. The molecule has 1 aromatic carbocycles. The van der Waals surface area contributed by atoms with Gasteiger partial charge < -0.3 is 5.11 Å². The molecule has 80 valence electrons. The van der Waals surface area contributed by atoms with Crippen LogP contribution >= 0.6 is 0 Å². The topological polar surface area (TPSA) is 20.2 Å². The van der Waals surface area contributed by atoms with Gasteiger partial charge in [-0.05, 0) is 61.8 Å². The Morgan fingerprint density at radius 1 is 1.47 bits per heavy atom. The van der Waals surface area contributed by atoms with Crippen molar-refractivity contribution in [3.05, 3.63) is 41.0 Å². The Hall–Kier alpha value is -1.24. The van der Waals surface area contributed by atoms with E-state index in [-0.39, 0.29) is 0 Å². The molecule has 15 heavy (non-hydrogen) atoms. The van der Waals surface area contributed by atoms with Gasteiger partial charge in [0.15, 0.2) is 0 Å². The number of allylic oxidation sites excluding steroid dienone is 1. The maximum Gasteiger partial charge on any atom is 0.118 e. The highest BCUT2D eigenvalue weighted by molar-refractivity contribution is 5.45. The quantitative estimate of drug-likeness (QED) is 0.692. The zero-order valence-corrected chi connectivity index (χ0v) is 9.51. The van der Waals surface area contributed by atoms with Gasteiger partial charge in [0.25, 0.3) is 0 Å². The van der Waals surface area contributed by atoms with Crippen molar-refractivity contribution in [3.63, 3.8) is 0 Å². The summed E-state index contributed by atoms with van der Waals surface area (Å²) in [4.78, 5) is 0. The second kappa shape index (κ2) is 3.73. The van der Waals surface area contributed by atoms with Gasteiger partial charge in [-0.25, -0.2) is 0 Å². The van der Waals surface area contributed by atoms with E-state index in [1.54, 1.807) is 0 Å². The van der Waals surface area contributed by atoms with Crippen molar-refractivity contribution in [1.29, 1.82) is 0 Å². The molecule has 1 aromatic rings. The van der Waals surface area contributed by atoms with Crippen molar-refractivity contribution in [2.75, 3.05) is 0 Å². The first kappa shape index (κ1) is 10.3. The molecule has 1 nitrogen and oxygen atoms in total. The standard InChI is InChI=1S/C14H18O/c1-9(2)12-5-4-11-6-7-14(15)10(3)13(11)8-12/h6-7,12,15H,1,4-5,8H2,2-3H3/t12-/m1/s1. The average molecular weight is 202 g/mol. The molecule has 2 rings (SSSR count). The van der Waals surface area contributed by atoms with Gasteiger partial charge in [0.05, 0.1) is 0 Å². The molecule has 0 aromatic heterocycles. The number of hydrogen-bond acceptors (Lipinski definition) is 1. The van der Waals surface area contributed by atoms with E-state index in [1.807, 2.05) is 13.0 Å². The van der Waals surface area contributed by atoms with Gasteiger partial charge in [-0.2, -0.15) is 0 Å². The first-order chi connectivity index (χ1) is 7.09. The summed E-state index contributed by atoms with van der Waals surface area (Å²) in [6.45, 7) is 8.16. The summed E-state index contributed by atoms with van der Waals surface area (Å²) in [6, 6.07) is 3.88. The lowest BCUT2D eigenvalue weighted by atomic mass is 9.79. The summed E-state index contributed by atoms with van der Waals surface area (Å²) < 4.78 is 0. The molecule has 0 heterocycles. The summed E-state index contributed by atoms with van der Waals surface area (Å²) >= 11 is 0. The number of phenols is 1. The molecule has 1 atom stereocenters. The normalized spacial score (nSPS) is 19.7. The minimum atomic E-state index is 0.427. The number of aryl methyl sites for hydroxylation is 1. The third-order valence-electron chi connectivity index (χ3n) is 3.58. The summed E-state index contributed by atoms with van der Waals surface area (Å²) in [5.74, 6) is 1.02. The van der Waals surface area contributed by atoms with Crippen LogP contribution in [0.3, 0.4) is 0 Å². The van der Waals surface area contributed by atoms with Crippen molar-refractivity contribution in [1.82, 2.24) is 0 Å². The molecule has 0 unspecified atom stereocenters. The molecule has 1 aliphatic rings. The monoisotopic (exact) mass is 202 g/mol. The lowest BCUT2D eigenvalue weighted by Crippen LogP contribution is -2.16. The maximum atomic E-state index is 9.68. The van der Waals surface area contributed by atoms with Crippen LogP contribution in [-0.4, -0.2) is 5.11 Å². The average Bonchev–Trinajstić information content (AvgIpc) is 2.23. The molecule has 1 aliphatic carbocycles. The zero-order chi connectivity index (χ0) is 11.0. The van der Waals surface area contributed by atoms with Crippen molar-refractivity contribution in [3.8, 4) is 5.75 Å². The maximum absolute atomic E-state index is 9.68. The molecule has 0 saturated carbocycles. The van der Waals surface area contributed by atoms with E-state index < -0.39 is 0 Å². The van der Waals surface area contributed by atoms with Gasteiger partial charge in [-0.1, -0.05) is 18.2 Å². The molecule has 0 radical (unpaired) electrons. The molecule has 0 amide bonds. The molecule has 0 fully saturated rings. The Labute approximate surface area is 91.4 Å². The van der Waals surface area contributed by atoms with Crippen molar-refractivity contribution in [2.45, 2.75) is 33.1 Å². The largest absolute Gasteiger partial charge is 0.508 e. The highest BCUT2D eigenvalue weighted by Gasteiger charge is 2.21. The Kier molecular flexibility index (Phi) is 2.56. The molecule has 1 N–H and O–H groups in total. The van der Waals surface area contributed by atoms with Crippen LogP contribution < -0.4 is 0 Å². The van der Waals surface area contributed by atoms with Gasteiger partial charge in [-0.3, -0.25) is 0 Å². The first-order valence-electron chi connectivity index (χ1n) is 5.55. The number of hydrogen-bond donors (Lipinski definition) is 1. The van der Waals surface area contributed by atoms with Crippen LogP contribution in [-0.2, 0) is 12.8 Å². The number of fused-ring (bicyclic) bond motifs is 1. The fourth-order valence-electron chi connectivity index (χ4n) is 2.42. The second-order valence-corrected chi connectivity index (χ2v) is 4.63. The van der Waals surface area contributed by atoms with E-state index in [0.29, 0.717) is 11.7 Å². The highest BCUT2D eigenvalue weighted by atomic mass is 16.3. The smallest absolute Gasteiger partial charge is 0.118 e. The molecule has 0 bridgehead atoms. The number of benzene rings is 1. The summed E-state index contributed by atoms with van der Waals surface area (Å²) in [6.07, 6.45) is 3.37. The Bertz CT molecular complexity index is 404. The Morgan fingerprint density at radius 3 is 2.87 bits per heavy atom. The highest BCUT2D eigenvalue weighted by Crippen LogP contribution is 2.34. The van der Waals surface area contributed by atoms with E-state index in [9.17, 15) is 5.11 Å². The summed E-state index contributed by atoms with van der Waals surface area (Å²) in [7, 11) is 0. The van der Waals surface area contributed by atoms with Crippen LogP contribution in [0, 0.1) is 12.8 Å². The SMILES string of the molecule is C=C(C)[C@@H]1CCc2ccc(O)c(C)c2C1. The number of rotatable bonds is 1. The van der Waals surface area contributed by atoms with E-state index in [1.165, 1.54) is 23.1 Å². The fourth-order valence-corrected chi connectivity index (χ4v) is 2.42. The van der Waals surface area contributed by atoms with E-state index >= 15 is 0 Å². The van der Waals surface area contributed by atoms with Gasteiger partial charge in [-0.15, -0.1) is 0 Å².